The number of halogens is 2. The smallest absolute Gasteiger partial charge is 0.339 e. The fourth-order valence-corrected chi connectivity index (χ4v) is 2.16. The van der Waals surface area contributed by atoms with E-state index in [1.54, 1.807) is 17.7 Å². The molecule has 0 fully saturated rings. The number of carboxylic acids is 1. The van der Waals surface area contributed by atoms with E-state index in [4.69, 9.17) is 5.11 Å². The molecule has 1 N–H and O–H groups in total. The molecule has 0 aliphatic rings. The second-order valence-corrected chi connectivity index (χ2v) is 3.94. The van der Waals surface area contributed by atoms with Crippen LogP contribution in [-0.4, -0.2) is 15.6 Å². The summed E-state index contributed by atoms with van der Waals surface area (Å²) in [6.07, 6.45) is 0. The lowest BCUT2D eigenvalue weighted by molar-refractivity contribution is 0.0698. The van der Waals surface area contributed by atoms with E-state index < -0.39 is 11.8 Å². The first kappa shape index (κ1) is 10.2. The van der Waals surface area contributed by atoms with Crippen molar-refractivity contribution in [3.8, 4) is 0 Å². The van der Waals surface area contributed by atoms with Gasteiger partial charge in [-0.25, -0.2) is 9.18 Å². The topological polar surface area (TPSA) is 42.2 Å². The summed E-state index contributed by atoms with van der Waals surface area (Å²) in [6, 6.07) is 4.09. The number of nitrogens with zero attached hydrogens (tertiary/aromatic N) is 1. The molecule has 0 saturated heterocycles. The molecule has 1 heterocycles. The van der Waals surface area contributed by atoms with E-state index in [1.165, 1.54) is 12.1 Å². The van der Waals surface area contributed by atoms with E-state index in [1.807, 2.05) is 0 Å². The van der Waals surface area contributed by atoms with Crippen molar-refractivity contribution < 1.29 is 14.3 Å². The molecule has 78 valence electrons. The monoisotopic (exact) mass is 271 g/mol. The molecule has 0 amide bonds. The van der Waals surface area contributed by atoms with Gasteiger partial charge in [0, 0.05) is 18.0 Å². The van der Waals surface area contributed by atoms with Gasteiger partial charge in [-0.3, -0.25) is 0 Å². The van der Waals surface area contributed by atoms with Crippen LogP contribution in [0, 0.1) is 5.82 Å². The van der Waals surface area contributed by atoms with E-state index in [9.17, 15) is 9.18 Å². The Labute approximate surface area is 93.3 Å². The highest BCUT2D eigenvalue weighted by molar-refractivity contribution is 9.10. The van der Waals surface area contributed by atoms with Crippen LogP contribution in [0.25, 0.3) is 10.9 Å². The van der Waals surface area contributed by atoms with Crippen molar-refractivity contribution in [2.24, 2.45) is 7.05 Å². The van der Waals surface area contributed by atoms with Crippen LogP contribution in [0.5, 0.6) is 0 Å². The van der Waals surface area contributed by atoms with Crippen LogP contribution in [0.2, 0.25) is 0 Å². The quantitative estimate of drug-likeness (QED) is 0.867. The largest absolute Gasteiger partial charge is 0.478 e. The van der Waals surface area contributed by atoms with Crippen molar-refractivity contribution in [3.63, 3.8) is 0 Å². The molecule has 0 aliphatic heterocycles. The van der Waals surface area contributed by atoms with Crippen molar-refractivity contribution in [2.45, 2.75) is 0 Å². The maximum absolute atomic E-state index is 13.0. The van der Waals surface area contributed by atoms with Crippen molar-refractivity contribution in [1.29, 1.82) is 0 Å². The summed E-state index contributed by atoms with van der Waals surface area (Å²) in [5.41, 5.74) is 0.771. The van der Waals surface area contributed by atoms with Gasteiger partial charge in [0.1, 0.15) is 10.4 Å². The van der Waals surface area contributed by atoms with Gasteiger partial charge < -0.3 is 9.67 Å². The molecule has 1 aromatic carbocycles. The zero-order chi connectivity index (χ0) is 11.2. The van der Waals surface area contributed by atoms with Crippen LogP contribution in [0.4, 0.5) is 4.39 Å². The summed E-state index contributed by atoms with van der Waals surface area (Å²) in [5, 5.41) is 9.40. The minimum absolute atomic E-state index is 0.0898. The van der Waals surface area contributed by atoms with Gasteiger partial charge in [-0.1, -0.05) is 0 Å². The normalized spacial score (nSPS) is 10.9. The SMILES string of the molecule is Cn1c(Br)c(C(=O)O)c2cc(F)ccc21. The van der Waals surface area contributed by atoms with Gasteiger partial charge in [0.2, 0.25) is 0 Å². The Balaban J connectivity index is 2.95. The van der Waals surface area contributed by atoms with Crippen LogP contribution in [0.1, 0.15) is 10.4 Å². The van der Waals surface area contributed by atoms with Gasteiger partial charge in [0.25, 0.3) is 0 Å². The Morgan fingerprint density at radius 3 is 2.80 bits per heavy atom. The molecule has 5 heteroatoms. The minimum atomic E-state index is -1.07. The Morgan fingerprint density at radius 2 is 2.20 bits per heavy atom. The minimum Gasteiger partial charge on any atom is -0.478 e. The summed E-state index contributed by atoms with van der Waals surface area (Å²) >= 11 is 3.18. The summed E-state index contributed by atoms with van der Waals surface area (Å²) in [5.74, 6) is -1.51. The number of benzene rings is 1. The van der Waals surface area contributed by atoms with E-state index in [2.05, 4.69) is 15.9 Å². The summed E-state index contributed by atoms with van der Waals surface area (Å²) < 4.78 is 15.1. The predicted molar refractivity (Wildman–Crippen MR) is 57.5 cm³/mol. The Bertz CT molecular complexity index is 562. The second kappa shape index (κ2) is 3.34. The van der Waals surface area contributed by atoms with Gasteiger partial charge in [-0.05, 0) is 34.1 Å². The van der Waals surface area contributed by atoms with Gasteiger partial charge in [-0.15, -0.1) is 0 Å². The third-order valence-electron chi connectivity index (χ3n) is 2.30. The number of fused-ring (bicyclic) bond motifs is 1. The molecule has 0 spiro atoms. The van der Waals surface area contributed by atoms with Gasteiger partial charge in [0.15, 0.2) is 0 Å². The first-order valence-electron chi connectivity index (χ1n) is 4.19. The number of hydrogen-bond acceptors (Lipinski definition) is 1. The summed E-state index contributed by atoms with van der Waals surface area (Å²) in [6.45, 7) is 0. The lowest BCUT2D eigenvalue weighted by atomic mass is 10.2. The lowest BCUT2D eigenvalue weighted by Crippen LogP contribution is -1.96. The number of hydrogen-bond donors (Lipinski definition) is 1. The maximum atomic E-state index is 13.0. The molecule has 15 heavy (non-hydrogen) atoms. The average Bonchev–Trinajstić information content (AvgIpc) is 2.39. The number of carboxylic acid groups (broad SMARTS) is 1. The molecule has 1 aromatic heterocycles. The van der Waals surface area contributed by atoms with Gasteiger partial charge in [-0.2, -0.15) is 0 Å². The fourth-order valence-electron chi connectivity index (χ4n) is 1.59. The second-order valence-electron chi connectivity index (χ2n) is 3.19. The lowest BCUT2D eigenvalue weighted by Gasteiger charge is -1.95. The third-order valence-corrected chi connectivity index (χ3v) is 3.23. The van der Waals surface area contributed by atoms with E-state index in [0.29, 0.717) is 15.5 Å². The molecular formula is C10H7BrFNO2. The highest BCUT2D eigenvalue weighted by atomic mass is 79.9. The van der Waals surface area contributed by atoms with E-state index >= 15 is 0 Å². The zero-order valence-electron chi connectivity index (χ0n) is 7.79. The highest BCUT2D eigenvalue weighted by Gasteiger charge is 2.18. The first-order chi connectivity index (χ1) is 7.02. The molecule has 2 aromatic rings. The molecule has 0 saturated carbocycles. The maximum Gasteiger partial charge on any atom is 0.339 e. The molecule has 0 bridgehead atoms. The molecule has 0 aliphatic carbocycles. The van der Waals surface area contributed by atoms with Crippen LogP contribution in [0.3, 0.4) is 0 Å². The van der Waals surface area contributed by atoms with Crippen molar-refractivity contribution >= 4 is 32.8 Å². The number of aromatic carboxylic acids is 1. The Hall–Kier alpha value is -1.36. The standard InChI is InChI=1S/C10H7BrFNO2/c1-13-7-3-2-5(12)4-6(7)8(9(13)11)10(14)15/h2-4H,1H3,(H,14,15). The number of aryl methyl sites for hydroxylation is 1. The average molecular weight is 272 g/mol. The molecule has 3 nitrogen and oxygen atoms in total. The highest BCUT2D eigenvalue weighted by Crippen LogP contribution is 2.29. The molecule has 0 radical (unpaired) electrons. The Kier molecular flexibility index (Phi) is 2.26. The van der Waals surface area contributed by atoms with Crippen molar-refractivity contribution in [2.75, 3.05) is 0 Å². The molecular weight excluding hydrogens is 265 g/mol. The van der Waals surface area contributed by atoms with Crippen LogP contribution in [0.15, 0.2) is 22.8 Å². The van der Waals surface area contributed by atoms with Crippen LogP contribution in [-0.2, 0) is 7.05 Å². The number of rotatable bonds is 1. The van der Waals surface area contributed by atoms with Crippen LogP contribution >= 0.6 is 15.9 Å². The fraction of sp³-hybridized carbons (Fsp3) is 0.100. The van der Waals surface area contributed by atoms with Gasteiger partial charge in [0.05, 0.1) is 5.56 Å². The number of carbonyl (C=O) groups is 1. The predicted octanol–water partition coefficient (Wildman–Crippen LogP) is 2.78. The number of aromatic nitrogens is 1. The van der Waals surface area contributed by atoms with Crippen molar-refractivity contribution in [3.05, 3.63) is 34.2 Å². The molecule has 2 rings (SSSR count). The zero-order valence-corrected chi connectivity index (χ0v) is 9.38. The van der Waals surface area contributed by atoms with E-state index in [-0.39, 0.29) is 5.56 Å². The van der Waals surface area contributed by atoms with Gasteiger partial charge >= 0.3 is 5.97 Å². The molecule has 0 unspecified atom stereocenters. The van der Waals surface area contributed by atoms with Crippen molar-refractivity contribution in [1.82, 2.24) is 4.57 Å². The molecule has 0 atom stereocenters. The Morgan fingerprint density at radius 1 is 1.53 bits per heavy atom. The summed E-state index contributed by atoms with van der Waals surface area (Å²) in [4.78, 5) is 11.0. The third kappa shape index (κ3) is 1.43. The first-order valence-corrected chi connectivity index (χ1v) is 4.98. The summed E-state index contributed by atoms with van der Waals surface area (Å²) in [7, 11) is 1.72. The van der Waals surface area contributed by atoms with E-state index in [0.717, 1.165) is 0 Å². The van der Waals surface area contributed by atoms with Crippen LogP contribution < -0.4 is 0 Å².